The molecule has 0 aliphatic rings. The van der Waals surface area contributed by atoms with Crippen LogP contribution in [0.1, 0.15) is 24.1 Å². The Hall–Kier alpha value is -2.02. The number of halogens is 1. The highest BCUT2D eigenvalue weighted by molar-refractivity contribution is 9.10. The van der Waals surface area contributed by atoms with Crippen molar-refractivity contribution in [1.82, 2.24) is 9.29 Å². The first-order valence-corrected chi connectivity index (χ1v) is 10.5. The number of rotatable bonds is 6. The number of benzene rings is 2. The van der Waals surface area contributed by atoms with E-state index in [1.807, 2.05) is 49.4 Å². The van der Waals surface area contributed by atoms with Crippen molar-refractivity contribution in [3.05, 3.63) is 94.7 Å². The van der Waals surface area contributed by atoms with Gasteiger partial charge in [-0.1, -0.05) is 59.3 Å². The number of nitrogens with zero attached hydrogens (tertiary/aromatic N) is 2. The van der Waals surface area contributed by atoms with Crippen LogP contribution in [0.3, 0.4) is 0 Å². The van der Waals surface area contributed by atoms with Crippen molar-refractivity contribution >= 4 is 26.0 Å². The Morgan fingerprint density at radius 2 is 1.65 bits per heavy atom. The maximum absolute atomic E-state index is 13.3. The molecular weight excluding hydrogens is 412 g/mol. The van der Waals surface area contributed by atoms with E-state index >= 15 is 0 Å². The molecule has 0 fully saturated rings. The maximum Gasteiger partial charge on any atom is 0.243 e. The molecule has 0 radical (unpaired) electrons. The monoisotopic (exact) mass is 430 g/mol. The second-order valence-corrected chi connectivity index (χ2v) is 8.57. The summed E-state index contributed by atoms with van der Waals surface area (Å²) in [6.07, 6.45) is 3.40. The molecule has 26 heavy (non-hydrogen) atoms. The van der Waals surface area contributed by atoms with Gasteiger partial charge in [0.1, 0.15) is 0 Å². The molecule has 0 unspecified atom stereocenters. The standard InChI is InChI=1S/C20H19BrN2O2S/c1-2-23(26(24,25)19-8-4-3-5-9-19)20(17-7-6-14-22-15-17)16-10-12-18(21)13-11-16/h3-15,20H,2H2,1H3/t20-/m1/s1. The Kier molecular flexibility index (Phi) is 5.86. The van der Waals surface area contributed by atoms with Crippen LogP contribution in [0.4, 0.5) is 0 Å². The van der Waals surface area contributed by atoms with Gasteiger partial charge in [-0.05, 0) is 41.5 Å². The molecule has 0 amide bonds. The van der Waals surface area contributed by atoms with Gasteiger partial charge in [-0.15, -0.1) is 0 Å². The van der Waals surface area contributed by atoms with Crippen molar-refractivity contribution in [2.75, 3.05) is 6.54 Å². The highest BCUT2D eigenvalue weighted by Gasteiger charge is 2.32. The Labute approximate surface area is 162 Å². The Morgan fingerprint density at radius 3 is 2.23 bits per heavy atom. The van der Waals surface area contributed by atoms with Crippen molar-refractivity contribution in [2.24, 2.45) is 0 Å². The van der Waals surface area contributed by atoms with Gasteiger partial charge in [0.25, 0.3) is 0 Å². The molecule has 0 saturated carbocycles. The largest absolute Gasteiger partial charge is 0.264 e. The van der Waals surface area contributed by atoms with Crippen LogP contribution in [-0.4, -0.2) is 24.3 Å². The molecule has 0 aliphatic carbocycles. The van der Waals surface area contributed by atoms with Crippen LogP contribution in [0.25, 0.3) is 0 Å². The smallest absolute Gasteiger partial charge is 0.243 e. The molecule has 6 heteroatoms. The molecule has 0 aliphatic heterocycles. The minimum Gasteiger partial charge on any atom is -0.264 e. The molecular formula is C20H19BrN2O2S. The van der Waals surface area contributed by atoms with Gasteiger partial charge < -0.3 is 0 Å². The van der Waals surface area contributed by atoms with Crippen LogP contribution >= 0.6 is 15.9 Å². The third-order valence-electron chi connectivity index (χ3n) is 4.14. The fourth-order valence-corrected chi connectivity index (χ4v) is 4.82. The van der Waals surface area contributed by atoms with Crippen LogP contribution in [0.15, 0.2) is 88.5 Å². The first-order chi connectivity index (χ1) is 12.5. The predicted molar refractivity (Wildman–Crippen MR) is 106 cm³/mol. The van der Waals surface area contributed by atoms with Crippen LogP contribution in [0, 0.1) is 0 Å². The van der Waals surface area contributed by atoms with Gasteiger partial charge in [-0.2, -0.15) is 4.31 Å². The summed E-state index contributed by atoms with van der Waals surface area (Å²) < 4.78 is 29.1. The Morgan fingerprint density at radius 1 is 0.962 bits per heavy atom. The lowest BCUT2D eigenvalue weighted by molar-refractivity contribution is 0.375. The summed E-state index contributed by atoms with van der Waals surface area (Å²) >= 11 is 3.44. The van der Waals surface area contributed by atoms with E-state index in [-0.39, 0.29) is 4.90 Å². The van der Waals surface area contributed by atoms with E-state index in [9.17, 15) is 8.42 Å². The van der Waals surface area contributed by atoms with E-state index in [1.54, 1.807) is 36.7 Å². The van der Waals surface area contributed by atoms with Crippen molar-refractivity contribution in [3.63, 3.8) is 0 Å². The molecule has 0 N–H and O–H groups in total. The van der Waals surface area contributed by atoms with Crippen LogP contribution < -0.4 is 0 Å². The normalized spacial score (nSPS) is 12.9. The Bertz CT molecular complexity index is 946. The summed E-state index contributed by atoms with van der Waals surface area (Å²) in [6, 6.07) is 19.5. The molecule has 3 aromatic rings. The first kappa shape index (κ1) is 18.8. The quantitative estimate of drug-likeness (QED) is 0.571. The highest BCUT2D eigenvalue weighted by Crippen LogP contribution is 2.33. The second kappa shape index (κ2) is 8.12. The summed E-state index contributed by atoms with van der Waals surface area (Å²) in [4.78, 5) is 4.47. The van der Waals surface area contributed by atoms with Crippen LogP contribution in [-0.2, 0) is 10.0 Å². The molecule has 0 bridgehead atoms. The average molecular weight is 431 g/mol. The average Bonchev–Trinajstić information content (AvgIpc) is 2.68. The van der Waals surface area contributed by atoms with E-state index in [0.717, 1.165) is 15.6 Å². The van der Waals surface area contributed by atoms with Crippen molar-refractivity contribution < 1.29 is 8.42 Å². The number of aromatic nitrogens is 1. The van der Waals surface area contributed by atoms with Crippen molar-refractivity contribution in [3.8, 4) is 0 Å². The minimum absolute atomic E-state index is 0.285. The van der Waals surface area contributed by atoms with E-state index in [0.29, 0.717) is 6.54 Å². The number of hydrogen-bond donors (Lipinski definition) is 0. The van der Waals surface area contributed by atoms with Crippen LogP contribution in [0.2, 0.25) is 0 Å². The topological polar surface area (TPSA) is 50.3 Å². The third kappa shape index (κ3) is 3.87. The lowest BCUT2D eigenvalue weighted by Gasteiger charge is -2.30. The van der Waals surface area contributed by atoms with Crippen LogP contribution in [0.5, 0.6) is 0 Å². The minimum atomic E-state index is -3.66. The van der Waals surface area contributed by atoms with Gasteiger partial charge >= 0.3 is 0 Å². The summed E-state index contributed by atoms with van der Waals surface area (Å²) in [6.45, 7) is 2.19. The molecule has 4 nitrogen and oxygen atoms in total. The number of sulfonamides is 1. The molecule has 1 aromatic heterocycles. The molecule has 1 heterocycles. The van der Waals surface area contributed by atoms with E-state index < -0.39 is 16.1 Å². The molecule has 3 rings (SSSR count). The van der Waals surface area contributed by atoms with Gasteiger partial charge in [0.05, 0.1) is 10.9 Å². The fourth-order valence-electron chi connectivity index (χ4n) is 2.93. The molecule has 2 aromatic carbocycles. The van der Waals surface area contributed by atoms with Crippen molar-refractivity contribution in [2.45, 2.75) is 17.9 Å². The van der Waals surface area contributed by atoms with Gasteiger partial charge in [0.2, 0.25) is 10.0 Å². The zero-order valence-electron chi connectivity index (χ0n) is 14.3. The summed E-state index contributed by atoms with van der Waals surface area (Å²) in [7, 11) is -3.66. The van der Waals surface area contributed by atoms with Gasteiger partial charge in [-0.25, -0.2) is 8.42 Å². The predicted octanol–water partition coefficient (Wildman–Crippen LogP) is 4.64. The molecule has 134 valence electrons. The lowest BCUT2D eigenvalue weighted by atomic mass is 10.0. The molecule has 0 saturated heterocycles. The Balaban J connectivity index is 2.15. The lowest BCUT2D eigenvalue weighted by Crippen LogP contribution is -2.35. The summed E-state index contributed by atoms with van der Waals surface area (Å²) in [5.41, 5.74) is 1.72. The number of pyridine rings is 1. The maximum atomic E-state index is 13.3. The van der Waals surface area contributed by atoms with Crippen molar-refractivity contribution in [1.29, 1.82) is 0 Å². The SMILES string of the molecule is CCN([C@H](c1ccc(Br)cc1)c1cccnc1)S(=O)(=O)c1ccccc1. The van der Waals surface area contributed by atoms with E-state index in [4.69, 9.17) is 0 Å². The zero-order valence-corrected chi connectivity index (χ0v) is 16.7. The molecule has 0 spiro atoms. The van der Waals surface area contributed by atoms with E-state index in [2.05, 4.69) is 20.9 Å². The van der Waals surface area contributed by atoms with Gasteiger partial charge in [-0.3, -0.25) is 4.98 Å². The van der Waals surface area contributed by atoms with Gasteiger partial charge in [0, 0.05) is 23.4 Å². The summed E-state index contributed by atoms with van der Waals surface area (Å²) in [5.74, 6) is 0. The fraction of sp³-hybridized carbons (Fsp3) is 0.150. The molecule has 1 atom stereocenters. The van der Waals surface area contributed by atoms with E-state index in [1.165, 1.54) is 4.31 Å². The highest BCUT2D eigenvalue weighted by atomic mass is 79.9. The second-order valence-electron chi connectivity index (χ2n) is 5.76. The summed E-state index contributed by atoms with van der Waals surface area (Å²) in [5, 5.41) is 0. The number of hydrogen-bond acceptors (Lipinski definition) is 3. The van der Waals surface area contributed by atoms with Gasteiger partial charge in [0.15, 0.2) is 0 Å². The first-order valence-electron chi connectivity index (χ1n) is 8.26. The zero-order chi connectivity index (χ0) is 18.6. The third-order valence-corrected chi connectivity index (χ3v) is 6.62.